The van der Waals surface area contributed by atoms with Gasteiger partial charge in [-0.1, -0.05) is 25.4 Å². The largest absolute Gasteiger partial charge is 0.367 e. The Balaban J connectivity index is 2.53. The van der Waals surface area contributed by atoms with Crippen molar-refractivity contribution in [1.29, 1.82) is 0 Å². The van der Waals surface area contributed by atoms with Crippen LogP contribution in [0.4, 0.5) is 5.82 Å². The van der Waals surface area contributed by atoms with Gasteiger partial charge in [0.05, 0.1) is 0 Å². The smallest absolute Gasteiger partial charge is 0.245 e. The molecule has 6 heteroatoms. The fraction of sp³-hybridized carbons (Fsp3) is 0.625. The van der Waals surface area contributed by atoms with Gasteiger partial charge in [-0.15, -0.1) is 10.2 Å². The summed E-state index contributed by atoms with van der Waals surface area (Å²) in [6.07, 6.45) is 1.04. The highest BCUT2D eigenvalue weighted by Gasteiger charge is 2.05. The predicted octanol–water partition coefficient (Wildman–Crippen LogP) is 2.64. The Morgan fingerprint density at radius 3 is 2.64 bits per heavy atom. The monoisotopic (exact) mass is 234 g/mol. The van der Waals surface area contributed by atoms with Crippen molar-refractivity contribution in [3.63, 3.8) is 0 Å². The van der Waals surface area contributed by atoms with Gasteiger partial charge in [-0.3, -0.25) is 0 Å². The van der Waals surface area contributed by atoms with Crippen molar-refractivity contribution >= 4 is 29.0 Å². The first-order valence-electron chi connectivity index (χ1n) is 4.39. The minimum Gasteiger partial charge on any atom is -0.367 e. The molecule has 1 N–H and O–H groups in total. The maximum Gasteiger partial charge on any atom is 0.245 e. The third-order valence-electron chi connectivity index (χ3n) is 1.63. The fourth-order valence-electron chi connectivity index (χ4n) is 0.885. The van der Waals surface area contributed by atoms with Gasteiger partial charge in [0.15, 0.2) is 11.0 Å². The lowest BCUT2D eigenvalue weighted by Crippen LogP contribution is -2.08. The Kier molecular flexibility index (Phi) is 4.35. The van der Waals surface area contributed by atoms with Gasteiger partial charge in [0.1, 0.15) is 0 Å². The van der Waals surface area contributed by atoms with Crippen molar-refractivity contribution in [3.8, 4) is 0 Å². The molecule has 0 atom stereocenters. The van der Waals surface area contributed by atoms with Gasteiger partial charge in [0.2, 0.25) is 5.28 Å². The lowest BCUT2D eigenvalue weighted by Gasteiger charge is -2.07. The highest BCUT2D eigenvalue weighted by Crippen LogP contribution is 2.16. The summed E-state index contributed by atoms with van der Waals surface area (Å²) in [5, 5.41) is 10.6. The number of halogens is 2. The highest BCUT2D eigenvalue weighted by molar-refractivity contribution is 6.32. The molecular formula is C8H12Cl2N4. The van der Waals surface area contributed by atoms with Crippen LogP contribution in [0.5, 0.6) is 0 Å². The predicted molar refractivity (Wildman–Crippen MR) is 57.8 cm³/mol. The number of anilines is 1. The molecule has 0 aromatic carbocycles. The molecule has 0 saturated heterocycles. The SMILES string of the molecule is CC(C)CCNc1nc(Cl)nnc1Cl. The summed E-state index contributed by atoms with van der Waals surface area (Å²) in [7, 11) is 0. The van der Waals surface area contributed by atoms with E-state index in [0.717, 1.165) is 13.0 Å². The zero-order valence-corrected chi connectivity index (χ0v) is 9.60. The Morgan fingerprint density at radius 1 is 1.29 bits per heavy atom. The molecule has 0 saturated carbocycles. The minimum absolute atomic E-state index is 0.0986. The van der Waals surface area contributed by atoms with Crippen LogP contribution in [0.2, 0.25) is 10.4 Å². The van der Waals surface area contributed by atoms with Crippen molar-refractivity contribution in [1.82, 2.24) is 15.2 Å². The molecule has 0 spiro atoms. The molecule has 78 valence electrons. The second-order valence-electron chi connectivity index (χ2n) is 3.33. The Labute approximate surface area is 93.0 Å². The van der Waals surface area contributed by atoms with E-state index < -0.39 is 0 Å². The van der Waals surface area contributed by atoms with E-state index in [-0.39, 0.29) is 10.4 Å². The summed E-state index contributed by atoms with van der Waals surface area (Å²) in [6.45, 7) is 5.09. The van der Waals surface area contributed by atoms with Gasteiger partial charge in [-0.05, 0) is 23.9 Å². The van der Waals surface area contributed by atoms with Crippen molar-refractivity contribution in [2.45, 2.75) is 20.3 Å². The molecule has 1 aromatic rings. The average Bonchev–Trinajstić information content (AvgIpc) is 2.10. The van der Waals surface area contributed by atoms with Crippen molar-refractivity contribution in [3.05, 3.63) is 10.4 Å². The summed E-state index contributed by atoms with van der Waals surface area (Å²) in [5.41, 5.74) is 0. The summed E-state index contributed by atoms with van der Waals surface area (Å²) < 4.78 is 0. The molecule has 1 aromatic heterocycles. The van der Waals surface area contributed by atoms with Crippen LogP contribution in [0, 0.1) is 5.92 Å². The molecule has 0 unspecified atom stereocenters. The average molecular weight is 235 g/mol. The summed E-state index contributed by atoms with van der Waals surface area (Å²) in [6, 6.07) is 0. The molecule has 4 nitrogen and oxygen atoms in total. The normalized spacial score (nSPS) is 10.6. The van der Waals surface area contributed by atoms with Crippen LogP contribution < -0.4 is 5.32 Å². The van der Waals surface area contributed by atoms with E-state index in [2.05, 4.69) is 34.3 Å². The van der Waals surface area contributed by atoms with E-state index in [1.807, 2.05) is 0 Å². The van der Waals surface area contributed by atoms with Gasteiger partial charge in [0, 0.05) is 6.54 Å². The van der Waals surface area contributed by atoms with Crippen molar-refractivity contribution in [2.75, 3.05) is 11.9 Å². The minimum atomic E-state index is 0.0986. The standard InChI is InChI=1S/C8H12Cl2N4/c1-5(2)3-4-11-7-6(9)13-14-8(10)12-7/h5H,3-4H2,1-2H3,(H,11,12,14). The summed E-state index contributed by atoms with van der Waals surface area (Å²) >= 11 is 11.3. The molecule has 0 radical (unpaired) electrons. The zero-order valence-electron chi connectivity index (χ0n) is 8.09. The van der Waals surface area contributed by atoms with Crippen LogP contribution >= 0.6 is 23.2 Å². The molecule has 0 aliphatic heterocycles. The second-order valence-corrected chi connectivity index (χ2v) is 4.03. The first-order chi connectivity index (χ1) is 6.59. The first kappa shape index (κ1) is 11.5. The van der Waals surface area contributed by atoms with E-state index >= 15 is 0 Å². The molecule has 0 aliphatic rings. The van der Waals surface area contributed by atoms with Crippen LogP contribution in [0.1, 0.15) is 20.3 Å². The number of nitrogens with zero attached hydrogens (tertiary/aromatic N) is 3. The number of nitrogens with one attached hydrogen (secondary N) is 1. The lowest BCUT2D eigenvalue weighted by molar-refractivity contribution is 0.606. The van der Waals surface area contributed by atoms with Crippen molar-refractivity contribution in [2.24, 2.45) is 5.92 Å². The molecule has 1 rings (SSSR count). The first-order valence-corrected chi connectivity index (χ1v) is 5.14. The highest BCUT2D eigenvalue weighted by atomic mass is 35.5. The Bertz CT molecular complexity index is 303. The van der Waals surface area contributed by atoms with E-state index in [1.165, 1.54) is 0 Å². The maximum absolute atomic E-state index is 5.75. The Morgan fingerprint density at radius 2 is 2.00 bits per heavy atom. The van der Waals surface area contributed by atoms with Crippen LogP contribution in [-0.4, -0.2) is 21.7 Å². The van der Waals surface area contributed by atoms with Crippen molar-refractivity contribution < 1.29 is 0 Å². The quantitative estimate of drug-likeness (QED) is 0.871. The molecule has 0 fully saturated rings. The van der Waals surface area contributed by atoms with Gasteiger partial charge in [0.25, 0.3) is 0 Å². The van der Waals surface area contributed by atoms with Gasteiger partial charge < -0.3 is 5.32 Å². The molecule has 14 heavy (non-hydrogen) atoms. The fourth-order valence-corrected chi connectivity index (χ4v) is 1.15. The topological polar surface area (TPSA) is 50.7 Å². The third kappa shape index (κ3) is 3.64. The molecule has 1 heterocycles. The lowest BCUT2D eigenvalue weighted by atomic mass is 10.1. The zero-order chi connectivity index (χ0) is 10.6. The number of aromatic nitrogens is 3. The van der Waals surface area contributed by atoms with E-state index in [1.54, 1.807) is 0 Å². The van der Waals surface area contributed by atoms with E-state index in [4.69, 9.17) is 23.2 Å². The van der Waals surface area contributed by atoms with E-state index in [0.29, 0.717) is 11.7 Å². The molecule has 0 aliphatic carbocycles. The number of hydrogen-bond acceptors (Lipinski definition) is 4. The van der Waals surface area contributed by atoms with Crippen LogP contribution in [-0.2, 0) is 0 Å². The van der Waals surface area contributed by atoms with Gasteiger partial charge in [-0.2, -0.15) is 4.98 Å². The summed E-state index contributed by atoms with van der Waals surface area (Å²) in [4.78, 5) is 3.92. The molecule has 0 bridgehead atoms. The van der Waals surface area contributed by atoms with Gasteiger partial charge in [-0.25, -0.2) is 0 Å². The Hall–Kier alpha value is -0.610. The molecular weight excluding hydrogens is 223 g/mol. The van der Waals surface area contributed by atoms with E-state index in [9.17, 15) is 0 Å². The number of hydrogen-bond donors (Lipinski definition) is 1. The molecule has 0 amide bonds. The second kappa shape index (κ2) is 5.32. The third-order valence-corrected chi connectivity index (χ3v) is 2.05. The van der Waals surface area contributed by atoms with Crippen LogP contribution in [0.15, 0.2) is 0 Å². The number of rotatable bonds is 4. The van der Waals surface area contributed by atoms with Gasteiger partial charge >= 0.3 is 0 Å². The summed E-state index contributed by atoms with van der Waals surface area (Å²) in [5.74, 6) is 1.12. The van der Waals surface area contributed by atoms with Crippen LogP contribution in [0.25, 0.3) is 0 Å². The maximum atomic E-state index is 5.75. The van der Waals surface area contributed by atoms with Crippen LogP contribution in [0.3, 0.4) is 0 Å².